The second-order valence-corrected chi connectivity index (χ2v) is 6.66. The van der Waals surface area contributed by atoms with E-state index in [1.807, 2.05) is 60.5 Å². The lowest BCUT2D eigenvalue weighted by molar-refractivity contribution is 0.208. The topological polar surface area (TPSA) is 77.2 Å². The minimum Gasteiger partial charge on any atom is -0.352 e. The molecule has 7 nitrogen and oxygen atoms in total. The smallest absolute Gasteiger partial charge is 0.321 e. The molecule has 0 radical (unpaired) electrons. The highest BCUT2D eigenvalue weighted by atomic mass is 16.2. The number of nitrogens with one attached hydrogen (secondary N) is 2. The zero-order chi connectivity index (χ0) is 18.6. The number of anilines is 2. The van der Waals surface area contributed by atoms with E-state index in [1.54, 1.807) is 6.20 Å². The van der Waals surface area contributed by atoms with Crippen molar-refractivity contribution in [3.63, 3.8) is 0 Å². The summed E-state index contributed by atoms with van der Waals surface area (Å²) in [5, 5.41) is 10.5. The van der Waals surface area contributed by atoms with Crippen LogP contribution in [0.5, 0.6) is 0 Å². The van der Waals surface area contributed by atoms with Crippen LogP contribution >= 0.6 is 0 Å². The number of aromatic amines is 1. The fourth-order valence-corrected chi connectivity index (χ4v) is 3.21. The quantitative estimate of drug-likeness (QED) is 0.750. The van der Waals surface area contributed by atoms with Gasteiger partial charge in [-0.05, 0) is 36.8 Å². The third-order valence-corrected chi connectivity index (χ3v) is 4.70. The van der Waals surface area contributed by atoms with Gasteiger partial charge in [0.05, 0.1) is 5.69 Å². The summed E-state index contributed by atoms with van der Waals surface area (Å²) in [5.41, 5.74) is 3.90. The molecule has 3 heterocycles. The second-order valence-electron chi connectivity index (χ2n) is 6.66. The Bertz CT molecular complexity index is 915. The van der Waals surface area contributed by atoms with Gasteiger partial charge in [-0.1, -0.05) is 12.1 Å². The third-order valence-electron chi connectivity index (χ3n) is 4.70. The molecule has 3 aromatic rings. The monoisotopic (exact) mass is 362 g/mol. The molecule has 1 fully saturated rings. The van der Waals surface area contributed by atoms with Gasteiger partial charge in [0.25, 0.3) is 0 Å². The van der Waals surface area contributed by atoms with Crippen molar-refractivity contribution < 1.29 is 4.79 Å². The Kier molecular flexibility index (Phi) is 4.74. The third kappa shape index (κ3) is 3.92. The molecule has 7 heteroatoms. The van der Waals surface area contributed by atoms with Crippen LogP contribution in [0.25, 0.3) is 11.3 Å². The van der Waals surface area contributed by atoms with Crippen molar-refractivity contribution in [1.82, 2.24) is 20.1 Å². The fraction of sp³-hybridized carbons (Fsp3) is 0.250. The number of aromatic nitrogens is 3. The number of hydrogen-bond acceptors (Lipinski definition) is 4. The first kappa shape index (κ1) is 17.1. The Morgan fingerprint density at radius 2 is 1.96 bits per heavy atom. The Labute approximate surface area is 158 Å². The van der Waals surface area contributed by atoms with E-state index in [1.165, 1.54) is 0 Å². The lowest BCUT2D eigenvalue weighted by atomic mass is 10.2. The van der Waals surface area contributed by atoms with Gasteiger partial charge in [-0.25, -0.2) is 4.79 Å². The molecule has 0 atom stereocenters. The summed E-state index contributed by atoms with van der Waals surface area (Å²) in [6.07, 6.45) is 3.56. The van der Waals surface area contributed by atoms with Gasteiger partial charge in [-0.2, -0.15) is 5.10 Å². The van der Waals surface area contributed by atoms with Crippen LogP contribution in [-0.4, -0.2) is 52.3 Å². The zero-order valence-corrected chi connectivity index (χ0v) is 15.2. The zero-order valence-electron chi connectivity index (χ0n) is 15.2. The van der Waals surface area contributed by atoms with E-state index < -0.39 is 0 Å². The van der Waals surface area contributed by atoms with Crippen LogP contribution in [0.2, 0.25) is 0 Å². The van der Waals surface area contributed by atoms with Crippen LogP contribution in [0.1, 0.15) is 5.56 Å². The molecular weight excluding hydrogens is 340 g/mol. The van der Waals surface area contributed by atoms with Crippen molar-refractivity contribution in [3.8, 4) is 11.3 Å². The van der Waals surface area contributed by atoms with E-state index in [0.717, 1.165) is 41.4 Å². The Balaban J connectivity index is 1.35. The van der Waals surface area contributed by atoms with E-state index in [0.29, 0.717) is 13.1 Å². The Morgan fingerprint density at radius 1 is 1.11 bits per heavy atom. The number of carbonyl (C=O) groups excluding carboxylic acids is 1. The maximum Gasteiger partial charge on any atom is 0.321 e. The molecule has 0 spiro atoms. The summed E-state index contributed by atoms with van der Waals surface area (Å²) in [4.78, 5) is 20.6. The van der Waals surface area contributed by atoms with Gasteiger partial charge in [0, 0.05) is 55.9 Å². The maximum atomic E-state index is 12.5. The number of pyridine rings is 1. The minimum atomic E-state index is -0.0571. The molecule has 1 aromatic carbocycles. The van der Waals surface area contributed by atoms with Gasteiger partial charge in [0.2, 0.25) is 0 Å². The first-order chi connectivity index (χ1) is 13.2. The molecule has 1 aliphatic rings. The molecule has 1 saturated heterocycles. The van der Waals surface area contributed by atoms with Gasteiger partial charge in [-0.15, -0.1) is 0 Å². The lowest BCUT2D eigenvalue weighted by Gasteiger charge is -2.34. The first-order valence-electron chi connectivity index (χ1n) is 9.02. The Hall–Kier alpha value is -3.35. The van der Waals surface area contributed by atoms with Crippen LogP contribution in [0.4, 0.5) is 16.3 Å². The van der Waals surface area contributed by atoms with Crippen LogP contribution in [0.15, 0.2) is 54.9 Å². The van der Waals surface area contributed by atoms with Gasteiger partial charge < -0.3 is 15.1 Å². The first-order valence-corrected chi connectivity index (χ1v) is 9.02. The van der Waals surface area contributed by atoms with Crippen molar-refractivity contribution in [2.24, 2.45) is 0 Å². The molecule has 0 aliphatic carbocycles. The maximum absolute atomic E-state index is 12.5. The molecule has 2 amide bonds. The number of amides is 2. The number of rotatable bonds is 3. The van der Waals surface area contributed by atoms with E-state index in [4.69, 9.17) is 0 Å². The predicted octanol–water partition coefficient (Wildman–Crippen LogP) is 3.13. The van der Waals surface area contributed by atoms with Gasteiger partial charge >= 0.3 is 6.03 Å². The highest BCUT2D eigenvalue weighted by molar-refractivity contribution is 5.89. The number of aryl methyl sites for hydroxylation is 1. The molecule has 2 aromatic heterocycles. The number of H-pyrrole nitrogens is 1. The molecule has 0 saturated carbocycles. The van der Waals surface area contributed by atoms with E-state index >= 15 is 0 Å². The van der Waals surface area contributed by atoms with Gasteiger partial charge in [-0.3, -0.25) is 10.1 Å². The summed E-state index contributed by atoms with van der Waals surface area (Å²) in [6, 6.07) is 13.7. The standard InChI is InChI=1S/C20H22N6O/c1-15-4-2-6-17(12-15)22-20(27)26-10-8-25(9-11-26)19-13-18(23-24-19)16-5-3-7-21-14-16/h2-7,12-14H,8-11H2,1H3,(H,22,27)(H,23,24). The molecular formula is C20H22N6O. The molecule has 0 bridgehead atoms. The normalized spacial score (nSPS) is 14.3. The fourth-order valence-electron chi connectivity index (χ4n) is 3.21. The average Bonchev–Trinajstić information content (AvgIpc) is 3.19. The van der Waals surface area contributed by atoms with Crippen molar-refractivity contribution in [2.45, 2.75) is 6.92 Å². The largest absolute Gasteiger partial charge is 0.352 e. The molecule has 2 N–H and O–H groups in total. The second kappa shape index (κ2) is 7.49. The highest BCUT2D eigenvalue weighted by Gasteiger charge is 2.22. The van der Waals surface area contributed by atoms with E-state index in [9.17, 15) is 4.79 Å². The minimum absolute atomic E-state index is 0.0571. The number of benzene rings is 1. The van der Waals surface area contributed by atoms with Crippen LogP contribution in [-0.2, 0) is 0 Å². The van der Waals surface area contributed by atoms with E-state index in [2.05, 4.69) is 25.4 Å². The van der Waals surface area contributed by atoms with Crippen LogP contribution < -0.4 is 10.2 Å². The average molecular weight is 362 g/mol. The predicted molar refractivity (Wildman–Crippen MR) is 106 cm³/mol. The summed E-state index contributed by atoms with van der Waals surface area (Å²) in [6.45, 7) is 4.83. The lowest BCUT2D eigenvalue weighted by Crippen LogP contribution is -2.50. The molecule has 27 heavy (non-hydrogen) atoms. The molecule has 138 valence electrons. The number of nitrogens with zero attached hydrogens (tertiary/aromatic N) is 4. The summed E-state index contributed by atoms with van der Waals surface area (Å²) >= 11 is 0. The van der Waals surface area contributed by atoms with Gasteiger partial charge in [0.15, 0.2) is 5.82 Å². The number of piperazine rings is 1. The van der Waals surface area contributed by atoms with Crippen molar-refractivity contribution in [2.75, 3.05) is 36.4 Å². The summed E-state index contributed by atoms with van der Waals surface area (Å²) in [7, 11) is 0. The summed E-state index contributed by atoms with van der Waals surface area (Å²) in [5.74, 6) is 0.896. The number of hydrogen-bond donors (Lipinski definition) is 2. The SMILES string of the molecule is Cc1cccc(NC(=O)N2CCN(c3cc(-c4cccnc4)[nH]n3)CC2)c1. The molecule has 1 aliphatic heterocycles. The highest BCUT2D eigenvalue weighted by Crippen LogP contribution is 2.22. The number of urea groups is 1. The van der Waals surface area contributed by atoms with Crippen molar-refractivity contribution in [1.29, 1.82) is 0 Å². The molecule has 0 unspecified atom stereocenters. The molecule has 4 rings (SSSR count). The van der Waals surface area contributed by atoms with Crippen LogP contribution in [0.3, 0.4) is 0 Å². The number of carbonyl (C=O) groups is 1. The van der Waals surface area contributed by atoms with E-state index in [-0.39, 0.29) is 6.03 Å². The van der Waals surface area contributed by atoms with Gasteiger partial charge in [0.1, 0.15) is 0 Å². The van der Waals surface area contributed by atoms with Crippen molar-refractivity contribution >= 4 is 17.5 Å². The van der Waals surface area contributed by atoms with Crippen LogP contribution in [0, 0.1) is 6.92 Å². The van der Waals surface area contributed by atoms with Crippen molar-refractivity contribution in [3.05, 3.63) is 60.4 Å². The Morgan fingerprint density at radius 3 is 2.70 bits per heavy atom. The summed E-state index contributed by atoms with van der Waals surface area (Å²) < 4.78 is 0.